The van der Waals surface area contributed by atoms with Crippen LogP contribution in [0.1, 0.15) is 51.4 Å². The average Bonchev–Trinajstić information content (AvgIpc) is 3.10. The van der Waals surface area contributed by atoms with Gasteiger partial charge in [0.15, 0.2) is 0 Å². The molecule has 3 rings (SSSR count). The number of ether oxygens (including phenoxy) is 1. The van der Waals surface area contributed by atoms with Gasteiger partial charge in [0.2, 0.25) is 5.91 Å². The van der Waals surface area contributed by atoms with Crippen LogP contribution >= 0.6 is 0 Å². The van der Waals surface area contributed by atoms with E-state index in [1.165, 1.54) is 32.1 Å². The lowest BCUT2D eigenvalue weighted by molar-refractivity contribution is -0.126. The van der Waals surface area contributed by atoms with Crippen LogP contribution < -0.4 is 11.1 Å². The molecule has 2 saturated carbocycles. The number of morpholine rings is 1. The van der Waals surface area contributed by atoms with E-state index >= 15 is 0 Å². The highest BCUT2D eigenvalue weighted by molar-refractivity contribution is 5.79. The van der Waals surface area contributed by atoms with Gasteiger partial charge >= 0.3 is 0 Å². The number of amides is 1. The summed E-state index contributed by atoms with van der Waals surface area (Å²) in [6.45, 7) is 6.38. The SMILES string of the molecule is NC[C@H]1CCC[C@H]1C(=O)NCC1(CN2CCOCC2)CCCCC1. The van der Waals surface area contributed by atoms with Gasteiger partial charge in [-0.2, -0.15) is 0 Å². The van der Waals surface area contributed by atoms with Crippen molar-refractivity contribution < 1.29 is 9.53 Å². The third kappa shape index (κ3) is 4.50. The van der Waals surface area contributed by atoms with Crippen LogP contribution in [0.25, 0.3) is 0 Å². The molecular weight excluding hydrogens is 302 g/mol. The number of nitrogens with zero attached hydrogens (tertiary/aromatic N) is 1. The summed E-state index contributed by atoms with van der Waals surface area (Å²) >= 11 is 0. The van der Waals surface area contributed by atoms with Gasteiger partial charge in [-0.05, 0) is 38.1 Å². The molecule has 1 aliphatic heterocycles. The first-order valence-electron chi connectivity index (χ1n) is 10.0. The first-order valence-corrected chi connectivity index (χ1v) is 10.0. The number of rotatable bonds is 6. The maximum absolute atomic E-state index is 12.7. The molecule has 1 saturated heterocycles. The van der Waals surface area contributed by atoms with Crippen LogP contribution in [-0.2, 0) is 9.53 Å². The fourth-order valence-corrected chi connectivity index (χ4v) is 5.00. The standard InChI is InChI=1S/C19H35N3O2/c20-13-16-5-4-6-17(16)18(23)21-14-19(7-2-1-3-8-19)15-22-9-11-24-12-10-22/h16-17H,1-15,20H2,(H,21,23)/t16-,17-/m1/s1. The number of hydrogen-bond acceptors (Lipinski definition) is 4. The predicted octanol–water partition coefficient (Wildman–Crippen LogP) is 1.76. The molecule has 3 N–H and O–H groups in total. The molecule has 2 atom stereocenters. The summed E-state index contributed by atoms with van der Waals surface area (Å²) in [5, 5.41) is 3.34. The van der Waals surface area contributed by atoms with Gasteiger partial charge in [-0.25, -0.2) is 0 Å². The van der Waals surface area contributed by atoms with E-state index in [9.17, 15) is 4.79 Å². The van der Waals surface area contributed by atoms with E-state index in [1.54, 1.807) is 0 Å². The van der Waals surface area contributed by atoms with Gasteiger partial charge in [-0.1, -0.05) is 25.7 Å². The molecule has 0 radical (unpaired) electrons. The highest BCUT2D eigenvalue weighted by Crippen LogP contribution is 2.37. The Balaban J connectivity index is 1.56. The highest BCUT2D eigenvalue weighted by Gasteiger charge is 2.37. The summed E-state index contributed by atoms with van der Waals surface area (Å²) in [6.07, 6.45) is 9.72. The minimum absolute atomic E-state index is 0.152. The van der Waals surface area contributed by atoms with E-state index in [0.717, 1.165) is 58.7 Å². The van der Waals surface area contributed by atoms with Crippen LogP contribution in [0.15, 0.2) is 0 Å². The Labute approximate surface area is 146 Å². The number of nitrogens with two attached hydrogens (primary N) is 1. The Hall–Kier alpha value is -0.650. The van der Waals surface area contributed by atoms with Crippen LogP contribution in [0.5, 0.6) is 0 Å². The second-order valence-electron chi connectivity index (χ2n) is 8.20. The zero-order chi connectivity index (χ0) is 16.8. The maximum Gasteiger partial charge on any atom is 0.223 e. The Bertz CT molecular complexity index is 403. The van der Waals surface area contributed by atoms with Crippen molar-refractivity contribution in [3.63, 3.8) is 0 Å². The first kappa shape index (κ1) is 18.2. The number of nitrogens with one attached hydrogen (secondary N) is 1. The molecule has 3 fully saturated rings. The van der Waals surface area contributed by atoms with Gasteiger partial charge < -0.3 is 15.8 Å². The molecule has 1 heterocycles. The lowest BCUT2D eigenvalue weighted by Gasteiger charge is -2.42. The summed E-state index contributed by atoms with van der Waals surface area (Å²) in [6, 6.07) is 0. The quantitative estimate of drug-likeness (QED) is 0.775. The molecule has 0 spiro atoms. The lowest BCUT2D eigenvalue weighted by atomic mass is 9.73. The van der Waals surface area contributed by atoms with Crippen molar-refractivity contribution in [3.05, 3.63) is 0 Å². The summed E-state index contributed by atoms with van der Waals surface area (Å²) in [5.41, 5.74) is 6.12. The van der Waals surface area contributed by atoms with E-state index in [1.807, 2.05) is 0 Å². The molecule has 3 aliphatic rings. The molecule has 0 aromatic heterocycles. The highest BCUT2D eigenvalue weighted by atomic mass is 16.5. The molecule has 138 valence electrons. The number of hydrogen-bond donors (Lipinski definition) is 2. The predicted molar refractivity (Wildman–Crippen MR) is 95.7 cm³/mol. The van der Waals surface area contributed by atoms with Crippen molar-refractivity contribution in [2.24, 2.45) is 23.0 Å². The van der Waals surface area contributed by atoms with Gasteiger partial charge in [0.1, 0.15) is 0 Å². The smallest absolute Gasteiger partial charge is 0.223 e. The molecule has 0 bridgehead atoms. The third-order valence-electron chi connectivity index (χ3n) is 6.51. The van der Waals surface area contributed by atoms with E-state index in [-0.39, 0.29) is 17.2 Å². The summed E-state index contributed by atoms with van der Waals surface area (Å²) in [4.78, 5) is 15.2. The van der Waals surface area contributed by atoms with E-state index in [0.29, 0.717) is 12.5 Å². The van der Waals surface area contributed by atoms with Crippen molar-refractivity contribution >= 4 is 5.91 Å². The second-order valence-corrected chi connectivity index (χ2v) is 8.20. The maximum atomic E-state index is 12.7. The molecule has 0 aromatic carbocycles. The molecule has 24 heavy (non-hydrogen) atoms. The van der Waals surface area contributed by atoms with Crippen molar-refractivity contribution in [3.8, 4) is 0 Å². The van der Waals surface area contributed by atoms with E-state index in [2.05, 4.69) is 10.2 Å². The zero-order valence-electron chi connectivity index (χ0n) is 15.1. The van der Waals surface area contributed by atoms with Crippen LogP contribution in [0, 0.1) is 17.3 Å². The Morgan fingerprint density at radius 1 is 1.12 bits per heavy atom. The minimum Gasteiger partial charge on any atom is -0.379 e. The minimum atomic E-state index is 0.152. The normalized spacial score (nSPS) is 31.0. The van der Waals surface area contributed by atoms with Crippen molar-refractivity contribution in [2.45, 2.75) is 51.4 Å². The Morgan fingerprint density at radius 3 is 2.58 bits per heavy atom. The summed E-state index contributed by atoms with van der Waals surface area (Å²) < 4.78 is 5.49. The fraction of sp³-hybridized carbons (Fsp3) is 0.947. The molecule has 0 unspecified atom stereocenters. The van der Waals surface area contributed by atoms with Crippen molar-refractivity contribution in [2.75, 3.05) is 45.9 Å². The van der Waals surface area contributed by atoms with Crippen LogP contribution in [-0.4, -0.2) is 56.7 Å². The molecule has 0 aromatic rings. The molecule has 1 amide bonds. The van der Waals surface area contributed by atoms with E-state index in [4.69, 9.17) is 10.5 Å². The van der Waals surface area contributed by atoms with Gasteiger partial charge in [0.25, 0.3) is 0 Å². The van der Waals surface area contributed by atoms with Gasteiger partial charge in [0, 0.05) is 37.5 Å². The Kier molecular flexibility index (Phi) is 6.53. The fourth-order valence-electron chi connectivity index (χ4n) is 5.00. The Morgan fingerprint density at radius 2 is 1.88 bits per heavy atom. The van der Waals surface area contributed by atoms with Crippen LogP contribution in [0.4, 0.5) is 0 Å². The van der Waals surface area contributed by atoms with Gasteiger partial charge in [0.05, 0.1) is 13.2 Å². The summed E-state index contributed by atoms with van der Waals surface area (Å²) in [7, 11) is 0. The topological polar surface area (TPSA) is 67.6 Å². The summed E-state index contributed by atoms with van der Waals surface area (Å²) in [5.74, 6) is 0.806. The van der Waals surface area contributed by atoms with Crippen molar-refractivity contribution in [1.29, 1.82) is 0 Å². The first-order chi connectivity index (χ1) is 11.7. The number of carbonyl (C=O) groups is 1. The number of carbonyl (C=O) groups excluding carboxylic acids is 1. The van der Waals surface area contributed by atoms with Gasteiger partial charge in [-0.15, -0.1) is 0 Å². The van der Waals surface area contributed by atoms with E-state index < -0.39 is 0 Å². The third-order valence-corrected chi connectivity index (χ3v) is 6.51. The monoisotopic (exact) mass is 337 g/mol. The molecule has 5 nitrogen and oxygen atoms in total. The largest absolute Gasteiger partial charge is 0.379 e. The molecule has 2 aliphatic carbocycles. The van der Waals surface area contributed by atoms with Crippen LogP contribution in [0.3, 0.4) is 0 Å². The van der Waals surface area contributed by atoms with Crippen molar-refractivity contribution in [1.82, 2.24) is 10.2 Å². The van der Waals surface area contributed by atoms with Crippen LogP contribution in [0.2, 0.25) is 0 Å². The second kappa shape index (κ2) is 8.63. The zero-order valence-corrected chi connectivity index (χ0v) is 15.1. The molecule has 5 heteroatoms. The van der Waals surface area contributed by atoms with Gasteiger partial charge in [-0.3, -0.25) is 9.69 Å². The average molecular weight is 338 g/mol. The molecular formula is C19H35N3O2. The lowest BCUT2D eigenvalue weighted by Crippen LogP contribution is -2.50.